The van der Waals surface area contributed by atoms with Crippen molar-refractivity contribution in [1.82, 2.24) is 9.88 Å². The highest BCUT2D eigenvalue weighted by Crippen LogP contribution is 2.29. The summed E-state index contributed by atoms with van der Waals surface area (Å²) in [5.74, 6) is 0.185. The van der Waals surface area contributed by atoms with Gasteiger partial charge in [-0.3, -0.25) is 9.78 Å². The first-order valence-electron chi connectivity index (χ1n) is 8.84. The SMILES string of the molecule is CCC(=O)N1CCC[C@@H](c2cc(Nc3cccc(F)c3)cc(C)n2)C1. The molecule has 1 aromatic carbocycles. The quantitative estimate of drug-likeness (QED) is 0.897. The van der Waals surface area contributed by atoms with Gasteiger partial charge in [0, 0.05) is 48.2 Å². The fourth-order valence-electron chi connectivity index (χ4n) is 3.38. The van der Waals surface area contributed by atoms with Gasteiger partial charge in [-0.25, -0.2) is 4.39 Å². The van der Waals surface area contributed by atoms with Gasteiger partial charge >= 0.3 is 0 Å². The van der Waals surface area contributed by atoms with Gasteiger partial charge in [-0.05, 0) is 50.1 Å². The van der Waals surface area contributed by atoms with E-state index >= 15 is 0 Å². The third kappa shape index (κ3) is 4.35. The highest BCUT2D eigenvalue weighted by atomic mass is 19.1. The summed E-state index contributed by atoms with van der Waals surface area (Å²) >= 11 is 0. The van der Waals surface area contributed by atoms with Crippen molar-refractivity contribution in [3.8, 4) is 0 Å². The van der Waals surface area contributed by atoms with E-state index < -0.39 is 0 Å². The van der Waals surface area contributed by atoms with Crippen molar-refractivity contribution in [3.63, 3.8) is 0 Å². The van der Waals surface area contributed by atoms with Crippen LogP contribution < -0.4 is 5.32 Å². The molecule has 0 bridgehead atoms. The Kier molecular flexibility index (Phi) is 5.31. The van der Waals surface area contributed by atoms with Gasteiger partial charge in [-0.2, -0.15) is 0 Å². The van der Waals surface area contributed by atoms with Gasteiger partial charge in [-0.15, -0.1) is 0 Å². The lowest BCUT2D eigenvalue weighted by atomic mass is 9.93. The van der Waals surface area contributed by atoms with Crippen LogP contribution in [0.1, 0.15) is 43.5 Å². The normalized spacial score (nSPS) is 17.4. The predicted octanol–water partition coefficient (Wildman–Crippen LogP) is 4.39. The van der Waals surface area contributed by atoms with Crippen LogP contribution in [0.5, 0.6) is 0 Å². The van der Waals surface area contributed by atoms with Gasteiger partial charge in [0.25, 0.3) is 0 Å². The molecule has 5 heteroatoms. The van der Waals surface area contributed by atoms with E-state index in [1.807, 2.05) is 36.9 Å². The molecule has 2 aromatic rings. The van der Waals surface area contributed by atoms with Crippen LogP contribution in [0.25, 0.3) is 0 Å². The van der Waals surface area contributed by atoms with Crippen molar-refractivity contribution < 1.29 is 9.18 Å². The minimum Gasteiger partial charge on any atom is -0.355 e. The number of halogens is 1. The van der Waals surface area contributed by atoms with Crippen LogP contribution in [0.4, 0.5) is 15.8 Å². The average Bonchev–Trinajstić information content (AvgIpc) is 2.60. The zero-order chi connectivity index (χ0) is 17.8. The molecule has 2 heterocycles. The molecule has 132 valence electrons. The van der Waals surface area contributed by atoms with Crippen molar-refractivity contribution >= 4 is 17.3 Å². The summed E-state index contributed by atoms with van der Waals surface area (Å²) in [5, 5.41) is 3.25. The summed E-state index contributed by atoms with van der Waals surface area (Å²) in [6, 6.07) is 10.4. The van der Waals surface area contributed by atoms with E-state index in [2.05, 4.69) is 10.3 Å². The molecule has 0 aliphatic carbocycles. The number of likely N-dealkylation sites (tertiary alicyclic amines) is 1. The maximum Gasteiger partial charge on any atom is 0.222 e. The standard InChI is InChI=1S/C20H24FN3O/c1-3-20(25)24-9-5-6-15(13-24)19-12-18(10-14(2)22-19)23-17-8-4-7-16(21)11-17/h4,7-8,10-12,15H,3,5-6,9,13H2,1-2H3,(H,22,23)/t15-/m1/s1. The van der Waals surface area contributed by atoms with Crippen LogP contribution in [-0.2, 0) is 4.79 Å². The molecule has 0 saturated carbocycles. The molecule has 0 radical (unpaired) electrons. The fraction of sp³-hybridized carbons (Fsp3) is 0.400. The molecule has 1 aromatic heterocycles. The summed E-state index contributed by atoms with van der Waals surface area (Å²) in [6.07, 6.45) is 2.57. The Hall–Kier alpha value is -2.43. The first kappa shape index (κ1) is 17.4. The molecule has 3 rings (SSSR count). The van der Waals surface area contributed by atoms with Crippen molar-refractivity contribution in [2.75, 3.05) is 18.4 Å². The molecule has 1 aliphatic rings. The van der Waals surface area contributed by atoms with Gasteiger partial charge in [0.05, 0.1) is 0 Å². The van der Waals surface area contributed by atoms with Crippen LogP contribution in [0, 0.1) is 12.7 Å². The van der Waals surface area contributed by atoms with Crippen molar-refractivity contribution in [2.24, 2.45) is 0 Å². The lowest BCUT2D eigenvalue weighted by molar-refractivity contribution is -0.132. The molecule has 4 nitrogen and oxygen atoms in total. The smallest absolute Gasteiger partial charge is 0.222 e. The summed E-state index contributed by atoms with van der Waals surface area (Å²) in [7, 11) is 0. The number of aromatic nitrogens is 1. The Labute approximate surface area is 148 Å². The van der Waals surface area contributed by atoms with Crippen LogP contribution in [0.3, 0.4) is 0 Å². The lowest BCUT2D eigenvalue weighted by Crippen LogP contribution is -2.38. The molecule has 1 amide bonds. The number of nitrogens with zero attached hydrogens (tertiary/aromatic N) is 2. The third-order valence-electron chi connectivity index (χ3n) is 4.58. The number of rotatable bonds is 4. The minimum atomic E-state index is -0.267. The number of benzene rings is 1. The van der Waals surface area contributed by atoms with Gasteiger partial charge in [-0.1, -0.05) is 13.0 Å². The van der Waals surface area contributed by atoms with Crippen molar-refractivity contribution in [3.05, 3.63) is 53.6 Å². The van der Waals surface area contributed by atoms with Crippen LogP contribution in [0.15, 0.2) is 36.4 Å². The number of anilines is 2. The van der Waals surface area contributed by atoms with Gasteiger partial charge in [0.15, 0.2) is 0 Å². The molecule has 1 atom stereocenters. The Morgan fingerprint density at radius 2 is 2.16 bits per heavy atom. The summed E-state index contributed by atoms with van der Waals surface area (Å²) in [4.78, 5) is 18.6. The lowest BCUT2D eigenvalue weighted by Gasteiger charge is -2.32. The fourth-order valence-corrected chi connectivity index (χ4v) is 3.38. The van der Waals surface area contributed by atoms with Crippen molar-refractivity contribution in [1.29, 1.82) is 0 Å². The third-order valence-corrected chi connectivity index (χ3v) is 4.58. The number of hydrogen-bond acceptors (Lipinski definition) is 3. The number of amides is 1. The van der Waals surface area contributed by atoms with Gasteiger partial charge in [0.2, 0.25) is 5.91 Å². The molecular weight excluding hydrogens is 317 g/mol. The number of pyridine rings is 1. The summed E-state index contributed by atoms with van der Waals surface area (Å²) in [6.45, 7) is 5.42. The Morgan fingerprint density at radius 1 is 1.32 bits per heavy atom. The van der Waals surface area contributed by atoms with E-state index in [-0.39, 0.29) is 17.6 Å². The Bertz CT molecular complexity index is 762. The van der Waals surface area contributed by atoms with Crippen LogP contribution >= 0.6 is 0 Å². The maximum absolute atomic E-state index is 13.4. The average molecular weight is 341 g/mol. The zero-order valence-corrected chi connectivity index (χ0v) is 14.8. The second-order valence-electron chi connectivity index (χ2n) is 6.59. The first-order chi connectivity index (χ1) is 12.0. The van der Waals surface area contributed by atoms with E-state index in [1.54, 1.807) is 6.07 Å². The molecule has 1 N–H and O–H groups in total. The highest BCUT2D eigenvalue weighted by Gasteiger charge is 2.25. The largest absolute Gasteiger partial charge is 0.355 e. The number of aryl methyl sites for hydroxylation is 1. The Balaban J connectivity index is 1.80. The van der Waals surface area contributed by atoms with E-state index in [0.717, 1.165) is 43.0 Å². The number of carbonyl (C=O) groups excluding carboxylic acids is 1. The molecule has 1 saturated heterocycles. The summed E-state index contributed by atoms with van der Waals surface area (Å²) < 4.78 is 13.4. The van der Waals surface area contributed by atoms with Crippen LogP contribution in [0.2, 0.25) is 0 Å². The molecular formula is C20H24FN3O. The molecule has 0 spiro atoms. The number of hydrogen-bond donors (Lipinski definition) is 1. The van der Waals surface area contributed by atoms with E-state index in [4.69, 9.17) is 0 Å². The topological polar surface area (TPSA) is 45.2 Å². The zero-order valence-electron chi connectivity index (χ0n) is 14.8. The van der Waals surface area contributed by atoms with Crippen molar-refractivity contribution in [2.45, 2.75) is 39.0 Å². The van der Waals surface area contributed by atoms with Crippen LogP contribution in [-0.4, -0.2) is 28.9 Å². The molecule has 1 fully saturated rings. The van der Waals surface area contributed by atoms with E-state index in [0.29, 0.717) is 12.1 Å². The van der Waals surface area contributed by atoms with Gasteiger partial charge < -0.3 is 10.2 Å². The van der Waals surface area contributed by atoms with E-state index in [9.17, 15) is 9.18 Å². The minimum absolute atomic E-state index is 0.204. The molecule has 1 aliphatic heterocycles. The number of carbonyl (C=O) groups is 1. The number of nitrogens with one attached hydrogen (secondary N) is 1. The van der Waals surface area contributed by atoms with Gasteiger partial charge in [0.1, 0.15) is 5.82 Å². The number of piperidine rings is 1. The second-order valence-corrected chi connectivity index (χ2v) is 6.59. The monoisotopic (exact) mass is 341 g/mol. The summed E-state index contributed by atoms with van der Waals surface area (Å²) in [5.41, 5.74) is 3.51. The molecule has 25 heavy (non-hydrogen) atoms. The van der Waals surface area contributed by atoms with E-state index in [1.165, 1.54) is 12.1 Å². The first-order valence-corrected chi connectivity index (χ1v) is 8.84. The predicted molar refractivity (Wildman–Crippen MR) is 97.5 cm³/mol. The molecule has 0 unspecified atom stereocenters. The highest BCUT2D eigenvalue weighted by molar-refractivity contribution is 5.76. The maximum atomic E-state index is 13.4. The Morgan fingerprint density at radius 3 is 2.92 bits per heavy atom. The second kappa shape index (κ2) is 7.64.